The maximum atomic E-state index is 11.7. The fraction of sp³-hybridized carbons (Fsp3) is 0.600. The van der Waals surface area contributed by atoms with Crippen molar-refractivity contribution in [2.24, 2.45) is 11.7 Å². The highest BCUT2D eigenvalue weighted by Gasteiger charge is 2.27. The minimum Gasteiger partial charge on any atom is -0.382 e. The maximum Gasteiger partial charge on any atom is 0.290 e. The van der Waals surface area contributed by atoms with Gasteiger partial charge in [-0.15, -0.1) is 0 Å². The molecule has 0 unspecified atom stereocenters. The van der Waals surface area contributed by atoms with Gasteiger partial charge in [0.25, 0.3) is 22.3 Å². The predicted octanol–water partition coefficient (Wildman–Crippen LogP) is 2.87. The van der Waals surface area contributed by atoms with E-state index in [4.69, 9.17) is 24.7 Å². The number of hydrogen-bond acceptors (Lipinski definition) is 19. The molecule has 4 amide bonds. The van der Waals surface area contributed by atoms with Crippen molar-refractivity contribution in [1.82, 2.24) is 41.2 Å². The molecule has 0 radical (unpaired) electrons. The Kier molecular flexibility index (Phi) is 22.6. The van der Waals surface area contributed by atoms with Gasteiger partial charge in [0.15, 0.2) is 0 Å². The van der Waals surface area contributed by atoms with Crippen LogP contribution in [-0.2, 0) is 44.8 Å². The number of thioether (sulfide) groups is 2. The van der Waals surface area contributed by atoms with Crippen LogP contribution in [-0.4, -0.2) is 142 Å². The van der Waals surface area contributed by atoms with Gasteiger partial charge in [-0.3, -0.25) is 29.8 Å². The second kappa shape index (κ2) is 27.5. The maximum absolute atomic E-state index is 11.7. The van der Waals surface area contributed by atoms with E-state index in [-0.39, 0.29) is 26.9 Å². The Bertz CT molecular complexity index is 1940. The molecule has 2 saturated carbocycles. The van der Waals surface area contributed by atoms with E-state index < -0.39 is 21.0 Å². The number of rotatable bonds is 19. The number of aromatic nitrogens is 4. The Morgan fingerprint density at radius 3 is 1.66 bits per heavy atom. The van der Waals surface area contributed by atoms with Crippen LogP contribution >= 0.6 is 23.5 Å². The molecule has 2 saturated heterocycles. The summed E-state index contributed by atoms with van der Waals surface area (Å²) < 4.78 is 43.2. The van der Waals surface area contributed by atoms with E-state index in [0.717, 1.165) is 100 Å². The monoisotopic (exact) mass is 921 g/mol. The number of hydrogen-bond donors (Lipinski definition) is 5. The summed E-state index contributed by atoms with van der Waals surface area (Å²) in [6.07, 6.45) is 17.1. The Morgan fingerprint density at radius 1 is 0.710 bits per heavy atom. The summed E-state index contributed by atoms with van der Waals surface area (Å²) in [4.78, 5) is 62.1. The predicted molar refractivity (Wildman–Crippen MR) is 236 cm³/mol. The van der Waals surface area contributed by atoms with Crippen LogP contribution in [0.5, 0.6) is 0 Å². The van der Waals surface area contributed by atoms with Crippen molar-refractivity contribution in [2.45, 2.75) is 81.1 Å². The van der Waals surface area contributed by atoms with Gasteiger partial charge in [-0.05, 0) is 105 Å². The third kappa shape index (κ3) is 19.4. The van der Waals surface area contributed by atoms with Crippen molar-refractivity contribution in [2.75, 3.05) is 73.2 Å². The van der Waals surface area contributed by atoms with Gasteiger partial charge in [0.05, 0.1) is 60.8 Å². The summed E-state index contributed by atoms with van der Waals surface area (Å²) in [6.45, 7) is 5.92. The number of amides is 4. The molecule has 0 bridgehead atoms. The third-order valence-electron chi connectivity index (χ3n) is 9.87. The Labute approximate surface area is 371 Å². The minimum absolute atomic E-state index is 0.165. The van der Waals surface area contributed by atoms with E-state index in [2.05, 4.69) is 41.2 Å². The van der Waals surface area contributed by atoms with Gasteiger partial charge in [-0.1, -0.05) is 0 Å². The number of ether oxygens (including phenoxy) is 4. The second-order valence-electron chi connectivity index (χ2n) is 14.8. The van der Waals surface area contributed by atoms with Gasteiger partial charge >= 0.3 is 0 Å². The highest BCUT2D eigenvalue weighted by atomic mass is 32.2. The van der Waals surface area contributed by atoms with E-state index >= 15 is 0 Å². The van der Waals surface area contributed by atoms with Crippen molar-refractivity contribution >= 4 is 67.8 Å². The number of methoxy groups -OCH3 is 2. The first-order valence-corrected chi connectivity index (χ1v) is 24.1. The fourth-order valence-electron chi connectivity index (χ4n) is 6.63. The lowest BCUT2D eigenvalue weighted by Crippen LogP contribution is -2.38. The molecular weight excluding hydrogens is 863 g/mol. The highest BCUT2D eigenvalue weighted by molar-refractivity contribution is 8.18. The quantitative estimate of drug-likeness (QED) is 0.0770. The van der Waals surface area contributed by atoms with Crippen molar-refractivity contribution in [1.29, 1.82) is 0 Å². The standard InChI is InChI=1S/C20H28N4O4S.C11H24N2O2.C9H7N3O4S2/c1-27-10-11-28-9-8-21-15-4-2-14(3-5-15)12-18-22-7-6-16(23-18)13-17-19(25)24-20(26)29-17;1-14-8-9-15-7-6-13-11-4-2-10(12)3-5-11;1-18(15,16)8-10-3-2-5(11-8)4-6-7(13)12-9(14)17-6/h6-7,13-15,21H,2-5,8-12H2,1H3,(H,24,25,26);10-11,13H,2-9,12H2,1H3;2-4H,1H3,(H,12,13,14)/b17-13-;;6-4-. The van der Waals surface area contributed by atoms with Crippen molar-refractivity contribution in [3.8, 4) is 0 Å². The Balaban J connectivity index is 0.000000220. The molecule has 4 heterocycles. The van der Waals surface area contributed by atoms with Crippen LogP contribution < -0.4 is 27.0 Å². The molecule has 2 aromatic rings. The molecule has 2 aromatic heterocycles. The zero-order valence-corrected chi connectivity index (χ0v) is 37.9. The largest absolute Gasteiger partial charge is 0.382 e. The summed E-state index contributed by atoms with van der Waals surface area (Å²) in [5.74, 6) is 0.469. The highest BCUT2D eigenvalue weighted by Crippen LogP contribution is 2.28. The molecule has 19 nitrogen and oxygen atoms in total. The number of nitrogens with zero attached hydrogens (tertiary/aromatic N) is 4. The van der Waals surface area contributed by atoms with Crippen LogP contribution in [0.15, 0.2) is 39.5 Å². The SMILES string of the molecule is COCCOCCNC1CCC(Cc2nccc(/C=C3\SC(=O)NC3=O)n2)CC1.COCCOCCNC1CCC(N)CC1.CS(=O)(=O)c1nccc(/C=C2\SC(=O)NC2=O)n1. The van der Waals surface area contributed by atoms with E-state index in [0.29, 0.717) is 67.7 Å². The molecule has 6 N–H and O–H groups in total. The lowest BCUT2D eigenvalue weighted by molar-refractivity contribution is -0.116. The number of imide groups is 2. The van der Waals surface area contributed by atoms with Gasteiger partial charge in [0.2, 0.25) is 15.0 Å². The summed E-state index contributed by atoms with van der Waals surface area (Å²) in [6, 6.07) is 4.82. The number of carbonyl (C=O) groups excluding carboxylic acids is 4. The molecular formula is C40H59N9O10S3. The van der Waals surface area contributed by atoms with Gasteiger partial charge in [-0.25, -0.2) is 28.4 Å². The van der Waals surface area contributed by atoms with Gasteiger partial charge in [-0.2, -0.15) is 0 Å². The first-order chi connectivity index (χ1) is 29.8. The average molecular weight is 922 g/mol. The van der Waals surface area contributed by atoms with Crippen molar-refractivity contribution in [3.05, 3.63) is 51.5 Å². The number of carbonyl (C=O) groups is 4. The molecule has 0 aromatic carbocycles. The van der Waals surface area contributed by atoms with Crippen LogP contribution in [0.3, 0.4) is 0 Å². The first kappa shape index (κ1) is 50.9. The zero-order chi connectivity index (χ0) is 44.7. The minimum atomic E-state index is -3.51. The number of nitrogens with one attached hydrogen (secondary N) is 4. The van der Waals surface area contributed by atoms with Crippen LogP contribution in [0, 0.1) is 5.92 Å². The molecule has 0 atom stereocenters. The van der Waals surface area contributed by atoms with Crippen LogP contribution in [0.4, 0.5) is 9.59 Å². The second-order valence-corrected chi connectivity index (χ2v) is 18.7. The van der Waals surface area contributed by atoms with Crippen molar-refractivity contribution < 1.29 is 46.5 Å². The van der Waals surface area contributed by atoms with E-state index in [1.54, 1.807) is 32.6 Å². The zero-order valence-electron chi connectivity index (χ0n) is 35.5. The molecule has 342 valence electrons. The molecule has 4 fully saturated rings. The summed E-state index contributed by atoms with van der Waals surface area (Å²) in [5.41, 5.74) is 6.75. The van der Waals surface area contributed by atoms with Crippen LogP contribution in [0.1, 0.15) is 68.6 Å². The normalized spacial score (nSPS) is 22.8. The van der Waals surface area contributed by atoms with Gasteiger partial charge in [0, 0.05) is 70.5 Å². The van der Waals surface area contributed by atoms with Crippen molar-refractivity contribution in [3.63, 3.8) is 0 Å². The van der Waals surface area contributed by atoms with E-state index in [1.165, 1.54) is 31.2 Å². The smallest absolute Gasteiger partial charge is 0.290 e. The summed E-state index contributed by atoms with van der Waals surface area (Å²) >= 11 is 1.63. The summed E-state index contributed by atoms with van der Waals surface area (Å²) in [5, 5.41) is 10.3. The molecule has 0 spiro atoms. The number of sulfone groups is 1. The van der Waals surface area contributed by atoms with Gasteiger partial charge in [0.1, 0.15) is 5.82 Å². The topological polar surface area (TPSA) is 265 Å². The average Bonchev–Trinajstić information content (AvgIpc) is 3.74. The molecule has 4 aliphatic rings. The van der Waals surface area contributed by atoms with E-state index in [1.807, 2.05) is 0 Å². The van der Waals surface area contributed by atoms with Gasteiger partial charge < -0.3 is 35.3 Å². The lowest BCUT2D eigenvalue weighted by Gasteiger charge is -2.29. The third-order valence-corrected chi connectivity index (χ3v) is 12.3. The number of nitrogens with two attached hydrogens (primary N) is 1. The summed E-state index contributed by atoms with van der Waals surface area (Å²) in [7, 11) is -0.147. The van der Waals surface area contributed by atoms with E-state index in [9.17, 15) is 27.6 Å². The van der Waals surface area contributed by atoms with Crippen LogP contribution in [0.25, 0.3) is 12.2 Å². The molecule has 2 aliphatic heterocycles. The van der Waals surface area contributed by atoms with Crippen LogP contribution in [0.2, 0.25) is 0 Å². The first-order valence-electron chi connectivity index (χ1n) is 20.5. The molecule has 2 aliphatic carbocycles. The molecule has 6 rings (SSSR count). The molecule has 22 heteroatoms. The lowest BCUT2D eigenvalue weighted by atomic mass is 9.84. The fourth-order valence-corrected chi connectivity index (χ4v) is 8.49. The Morgan fingerprint density at radius 2 is 1.19 bits per heavy atom. The molecule has 62 heavy (non-hydrogen) atoms. The Hall–Kier alpha value is -3.71.